The molecule has 1 saturated heterocycles. The monoisotopic (exact) mass is 427 g/mol. The van der Waals surface area contributed by atoms with Gasteiger partial charge in [0.2, 0.25) is 0 Å². The number of nitrogens with one attached hydrogen (secondary N) is 1. The van der Waals surface area contributed by atoms with E-state index in [-0.39, 0.29) is 28.4 Å². The van der Waals surface area contributed by atoms with Crippen LogP contribution in [-0.2, 0) is 4.74 Å². The van der Waals surface area contributed by atoms with Crippen LogP contribution in [0.4, 0.5) is 10.6 Å². The molecule has 2 aromatic rings. The molecule has 2 aromatic heterocycles. The van der Waals surface area contributed by atoms with Crippen molar-refractivity contribution in [2.45, 2.75) is 52.3 Å². The molecular weight excluding hydrogens is 405 g/mol. The van der Waals surface area contributed by atoms with E-state index in [0.717, 1.165) is 0 Å². The van der Waals surface area contributed by atoms with E-state index >= 15 is 0 Å². The van der Waals surface area contributed by atoms with Gasteiger partial charge in [0.05, 0.1) is 22.5 Å². The third-order valence-corrected chi connectivity index (χ3v) is 5.10. The number of rotatable bonds is 1. The third-order valence-electron chi connectivity index (χ3n) is 4.43. The van der Waals surface area contributed by atoms with Gasteiger partial charge in [0.1, 0.15) is 22.2 Å². The molecule has 1 aliphatic rings. The van der Waals surface area contributed by atoms with Crippen LogP contribution in [0.2, 0.25) is 10.2 Å². The molecule has 152 valence electrons. The van der Waals surface area contributed by atoms with E-state index in [1.54, 1.807) is 11.0 Å². The van der Waals surface area contributed by atoms with Crippen LogP contribution >= 0.6 is 23.2 Å². The normalized spacial score (nSPS) is 20.5. The number of fused-ring (bicyclic) bond motifs is 1. The van der Waals surface area contributed by atoms with Crippen molar-refractivity contribution in [3.8, 4) is 0 Å². The number of H-pyrrole nitrogens is 1. The maximum atomic E-state index is 12.6. The molecule has 3 heterocycles. The molecular formula is C18H23Cl2N5O3. The predicted octanol–water partition coefficient (Wildman–Crippen LogP) is 3.46. The molecule has 0 spiro atoms. The molecule has 0 bridgehead atoms. The third kappa shape index (κ3) is 4.17. The average Bonchev–Trinajstić information content (AvgIpc) is 2.53. The highest BCUT2D eigenvalue weighted by Crippen LogP contribution is 2.30. The number of carbonyl (C=O) groups excluding carboxylic acids is 1. The van der Waals surface area contributed by atoms with Crippen LogP contribution in [-0.4, -0.2) is 56.7 Å². The maximum absolute atomic E-state index is 12.6. The summed E-state index contributed by atoms with van der Waals surface area (Å²) in [5.41, 5.74) is -0.776. The lowest BCUT2D eigenvalue weighted by Crippen LogP contribution is -2.59. The van der Waals surface area contributed by atoms with Gasteiger partial charge in [0, 0.05) is 13.1 Å². The Hall–Kier alpha value is -2.06. The molecule has 0 radical (unpaired) electrons. The number of piperazine rings is 1. The van der Waals surface area contributed by atoms with E-state index in [4.69, 9.17) is 27.9 Å². The molecule has 2 atom stereocenters. The van der Waals surface area contributed by atoms with Crippen LogP contribution in [0.5, 0.6) is 0 Å². The molecule has 8 nitrogen and oxygen atoms in total. The first kappa shape index (κ1) is 20.7. The Bertz CT molecular complexity index is 960. The van der Waals surface area contributed by atoms with E-state index < -0.39 is 11.3 Å². The summed E-state index contributed by atoms with van der Waals surface area (Å²) in [4.78, 5) is 39.2. The highest BCUT2D eigenvalue weighted by Gasteiger charge is 2.36. The van der Waals surface area contributed by atoms with Gasteiger partial charge in [-0.2, -0.15) is 4.98 Å². The second-order valence-corrected chi connectivity index (χ2v) is 8.78. The van der Waals surface area contributed by atoms with Crippen LogP contribution in [0.3, 0.4) is 0 Å². The van der Waals surface area contributed by atoms with Crippen LogP contribution in [0.15, 0.2) is 10.9 Å². The molecule has 0 saturated carbocycles. The summed E-state index contributed by atoms with van der Waals surface area (Å²) in [5.74, 6) is 0.465. The van der Waals surface area contributed by atoms with Crippen LogP contribution in [0.25, 0.3) is 11.0 Å². The summed E-state index contributed by atoms with van der Waals surface area (Å²) in [6.07, 6.45) is -0.354. The zero-order valence-corrected chi connectivity index (χ0v) is 17.9. The van der Waals surface area contributed by atoms with Crippen molar-refractivity contribution in [1.29, 1.82) is 0 Å². The molecule has 28 heavy (non-hydrogen) atoms. The van der Waals surface area contributed by atoms with Gasteiger partial charge in [0.15, 0.2) is 0 Å². The van der Waals surface area contributed by atoms with Gasteiger partial charge in [-0.15, -0.1) is 0 Å². The van der Waals surface area contributed by atoms with Crippen molar-refractivity contribution < 1.29 is 9.53 Å². The molecule has 3 rings (SSSR count). The molecule has 0 unspecified atom stereocenters. The number of anilines is 1. The van der Waals surface area contributed by atoms with E-state index in [1.807, 2.05) is 39.5 Å². The summed E-state index contributed by atoms with van der Waals surface area (Å²) in [6, 6.07) is 1.34. The molecule has 1 N–H and O–H groups in total. The Morgan fingerprint density at radius 1 is 1.21 bits per heavy atom. The first-order chi connectivity index (χ1) is 13.0. The van der Waals surface area contributed by atoms with Crippen LogP contribution in [0.1, 0.15) is 34.6 Å². The minimum absolute atomic E-state index is 0.110. The smallest absolute Gasteiger partial charge is 0.410 e. The summed E-state index contributed by atoms with van der Waals surface area (Å²) in [5, 5.41) is 0.982. The summed E-state index contributed by atoms with van der Waals surface area (Å²) in [6.45, 7) is 10.3. The number of carbonyl (C=O) groups is 1. The molecule has 1 aliphatic heterocycles. The van der Waals surface area contributed by atoms with Gasteiger partial charge in [-0.25, -0.2) is 14.6 Å². The summed E-state index contributed by atoms with van der Waals surface area (Å²) < 4.78 is 5.53. The Kier molecular flexibility index (Phi) is 5.46. The van der Waals surface area contributed by atoms with E-state index in [2.05, 4.69) is 15.0 Å². The topological polar surface area (TPSA) is 91.4 Å². The predicted molar refractivity (Wildman–Crippen MR) is 109 cm³/mol. The van der Waals surface area contributed by atoms with Crippen molar-refractivity contribution in [1.82, 2.24) is 19.9 Å². The Balaban J connectivity index is 1.94. The first-order valence-electron chi connectivity index (χ1n) is 8.98. The van der Waals surface area contributed by atoms with E-state index in [1.165, 1.54) is 0 Å². The number of halogens is 2. The van der Waals surface area contributed by atoms with Crippen LogP contribution < -0.4 is 10.6 Å². The number of amides is 1. The Labute approximate surface area is 172 Å². The lowest BCUT2D eigenvalue weighted by Gasteiger charge is -2.45. The second-order valence-electron chi connectivity index (χ2n) is 8.01. The van der Waals surface area contributed by atoms with Gasteiger partial charge < -0.3 is 9.64 Å². The van der Waals surface area contributed by atoms with Gasteiger partial charge in [-0.3, -0.25) is 9.88 Å². The average molecular weight is 428 g/mol. The Morgan fingerprint density at radius 3 is 2.39 bits per heavy atom. The molecule has 0 aliphatic carbocycles. The number of hydrogen-bond acceptors (Lipinski definition) is 6. The van der Waals surface area contributed by atoms with Crippen LogP contribution in [0, 0.1) is 0 Å². The lowest BCUT2D eigenvalue weighted by atomic mass is 10.1. The number of nitrogens with zero attached hydrogens (tertiary/aromatic N) is 4. The fraction of sp³-hybridized carbons (Fsp3) is 0.556. The van der Waals surface area contributed by atoms with Gasteiger partial charge in [-0.05, 0) is 40.7 Å². The van der Waals surface area contributed by atoms with Crippen molar-refractivity contribution in [3.63, 3.8) is 0 Å². The van der Waals surface area contributed by atoms with E-state index in [0.29, 0.717) is 29.9 Å². The van der Waals surface area contributed by atoms with Gasteiger partial charge in [0.25, 0.3) is 0 Å². The first-order valence-corrected chi connectivity index (χ1v) is 9.74. The number of aromatic nitrogens is 3. The fourth-order valence-corrected chi connectivity index (χ4v) is 3.72. The van der Waals surface area contributed by atoms with Crippen molar-refractivity contribution in [3.05, 3.63) is 26.7 Å². The minimum Gasteiger partial charge on any atom is -0.444 e. The second kappa shape index (κ2) is 7.40. The quantitative estimate of drug-likeness (QED) is 0.700. The zero-order valence-electron chi connectivity index (χ0n) is 16.4. The number of hydrogen-bond donors (Lipinski definition) is 1. The highest BCUT2D eigenvalue weighted by atomic mass is 35.5. The SMILES string of the molecule is C[C@@H]1CN(c2nc(=O)[nH]c3nc(Cl)c(Cl)cc23)C[C@H](C)N1C(=O)OC(C)(C)C. The molecule has 10 heteroatoms. The Morgan fingerprint density at radius 2 is 1.82 bits per heavy atom. The number of aromatic amines is 1. The summed E-state index contributed by atoms with van der Waals surface area (Å²) in [7, 11) is 0. The fourth-order valence-electron chi connectivity index (χ4n) is 3.43. The number of ether oxygens (including phenoxy) is 1. The van der Waals surface area contributed by atoms with E-state index in [9.17, 15) is 9.59 Å². The minimum atomic E-state index is -0.570. The lowest BCUT2D eigenvalue weighted by molar-refractivity contribution is 0.00562. The van der Waals surface area contributed by atoms with Crippen molar-refractivity contribution in [2.75, 3.05) is 18.0 Å². The van der Waals surface area contributed by atoms with Crippen molar-refractivity contribution in [2.24, 2.45) is 0 Å². The zero-order chi connectivity index (χ0) is 20.8. The molecule has 1 fully saturated rings. The van der Waals surface area contributed by atoms with Gasteiger partial charge in [-0.1, -0.05) is 23.2 Å². The largest absolute Gasteiger partial charge is 0.444 e. The highest BCUT2D eigenvalue weighted by molar-refractivity contribution is 6.41. The number of pyridine rings is 1. The maximum Gasteiger partial charge on any atom is 0.410 e. The molecule has 1 amide bonds. The van der Waals surface area contributed by atoms with Gasteiger partial charge >= 0.3 is 11.8 Å². The molecule has 0 aromatic carbocycles. The summed E-state index contributed by atoms with van der Waals surface area (Å²) >= 11 is 12.1. The van der Waals surface area contributed by atoms with Crippen molar-refractivity contribution >= 4 is 46.1 Å². The standard InChI is InChI=1S/C18H23Cl2N5O3/c1-9-7-24(8-10(2)25(9)17(27)28-18(3,4)5)15-11-6-12(19)13(20)21-14(11)22-16(26)23-15/h6,9-10H,7-8H2,1-5H3,(H,21,22,23,26)/t9-,10+.